The number of nitrogens with one attached hydrogen (secondary N) is 2. The lowest BCUT2D eigenvalue weighted by atomic mass is 10.1. The zero-order valence-electron chi connectivity index (χ0n) is 15.2. The summed E-state index contributed by atoms with van der Waals surface area (Å²) >= 11 is 1.53. The Balaban J connectivity index is 1.53. The molecule has 140 valence electrons. The highest BCUT2D eigenvalue weighted by molar-refractivity contribution is 7.09. The van der Waals surface area contributed by atoms with E-state index in [1.165, 1.54) is 11.3 Å². The third-order valence-electron chi connectivity index (χ3n) is 4.28. The van der Waals surface area contributed by atoms with Crippen LogP contribution in [0.1, 0.15) is 43.3 Å². The lowest BCUT2D eigenvalue weighted by Crippen LogP contribution is -2.54. The number of piperidine rings is 1. The molecule has 3 rings (SSSR count). The zero-order valence-corrected chi connectivity index (χ0v) is 16.0. The molecule has 2 aromatic rings. The van der Waals surface area contributed by atoms with E-state index in [-0.39, 0.29) is 11.9 Å². The number of aryl methyl sites for hydroxylation is 1. The van der Waals surface area contributed by atoms with Crippen molar-refractivity contribution in [3.63, 3.8) is 0 Å². The van der Waals surface area contributed by atoms with Gasteiger partial charge in [0.25, 0.3) is 5.91 Å². The number of aromatic nitrogens is 3. The molecule has 0 bridgehead atoms. The van der Waals surface area contributed by atoms with Crippen molar-refractivity contribution in [3.05, 3.63) is 28.3 Å². The first-order valence-electron chi connectivity index (χ1n) is 8.73. The molecule has 0 spiro atoms. The van der Waals surface area contributed by atoms with Crippen LogP contribution in [0, 0.1) is 0 Å². The number of carbonyl (C=O) groups excluding carboxylic acids is 2. The standard InChI is InChI=1S/C17H24N6O2S/c1-11(2)13-10-26-15(19-13)9-18-17(25)20-12-5-4-7-23(16(12)24)14-6-8-22(3)21-14/h6,8,10-12H,4-5,7,9H2,1-3H3,(H2,18,20,25)/t12-/m0/s1. The van der Waals surface area contributed by atoms with Gasteiger partial charge in [-0.2, -0.15) is 5.10 Å². The van der Waals surface area contributed by atoms with Crippen molar-refractivity contribution in [2.75, 3.05) is 11.4 Å². The summed E-state index contributed by atoms with van der Waals surface area (Å²) < 4.78 is 1.66. The first-order chi connectivity index (χ1) is 12.4. The molecule has 8 nitrogen and oxygen atoms in total. The molecule has 1 aliphatic heterocycles. The summed E-state index contributed by atoms with van der Waals surface area (Å²) in [5, 5.41) is 12.7. The predicted molar refractivity (Wildman–Crippen MR) is 100 cm³/mol. The van der Waals surface area contributed by atoms with Crippen LogP contribution in [-0.4, -0.2) is 39.3 Å². The number of urea groups is 1. The Hall–Kier alpha value is -2.42. The quantitative estimate of drug-likeness (QED) is 0.835. The van der Waals surface area contributed by atoms with Crippen LogP contribution in [0.5, 0.6) is 0 Å². The highest BCUT2D eigenvalue weighted by Gasteiger charge is 2.31. The van der Waals surface area contributed by atoms with E-state index < -0.39 is 6.04 Å². The van der Waals surface area contributed by atoms with Crippen molar-refractivity contribution in [2.24, 2.45) is 7.05 Å². The lowest BCUT2D eigenvalue weighted by molar-refractivity contribution is -0.121. The lowest BCUT2D eigenvalue weighted by Gasteiger charge is -2.31. The van der Waals surface area contributed by atoms with Gasteiger partial charge in [-0.15, -0.1) is 11.3 Å². The number of nitrogens with zero attached hydrogens (tertiary/aromatic N) is 4. The van der Waals surface area contributed by atoms with E-state index in [0.717, 1.165) is 17.1 Å². The number of carbonyl (C=O) groups is 2. The normalized spacial score (nSPS) is 17.6. The highest BCUT2D eigenvalue weighted by Crippen LogP contribution is 2.19. The molecule has 0 saturated carbocycles. The van der Waals surface area contributed by atoms with E-state index in [0.29, 0.717) is 31.2 Å². The van der Waals surface area contributed by atoms with Crippen LogP contribution in [0.4, 0.5) is 10.6 Å². The van der Waals surface area contributed by atoms with Crippen LogP contribution < -0.4 is 15.5 Å². The van der Waals surface area contributed by atoms with Gasteiger partial charge >= 0.3 is 6.03 Å². The molecule has 1 aliphatic rings. The van der Waals surface area contributed by atoms with E-state index in [4.69, 9.17) is 0 Å². The van der Waals surface area contributed by atoms with Gasteiger partial charge in [-0.25, -0.2) is 9.78 Å². The minimum Gasteiger partial charge on any atom is -0.332 e. The predicted octanol–water partition coefficient (Wildman–Crippen LogP) is 1.99. The summed E-state index contributed by atoms with van der Waals surface area (Å²) in [5.74, 6) is 0.862. The van der Waals surface area contributed by atoms with Crippen LogP contribution in [0.2, 0.25) is 0 Å². The van der Waals surface area contributed by atoms with Gasteiger partial charge in [0, 0.05) is 31.2 Å². The summed E-state index contributed by atoms with van der Waals surface area (Å²) in [4.78, 5) is 30.9. The van der Waals surface area contributed by atoms with Crippen molar-refractivity contribution in [1.82, 2.24) is 25.4 Å². The average molecular weight is 376 g/mol. The summed E-state index contributed by atoms with van der Waals surface area (Å²) in [6, 6.07) is 0.913. The number of amides is 3. The molecule has 0 aliphatic carbocycles. The highest BCUT2D eigenvalue weighted by atomic mass is 32.1. The van der Waals surface area contributed by atoms with E-state index in [9.17, 15) is 9.59 Å². The van der Waals surface area contributed by atoms with Crippen molar-refractivity contribution < 1.29 is 9.59 Å². The Bertz CT molecular complexity index is 784. The molecule has 2 N–H and O–H groups in total. The Labute approximate surface area is 156 Å². The Morgan fingerprint density at radius 3 is 2.92 bits per heavy atom. The van der Waals surface area contributed by atoms with Gasteiger partial charge in [0.1, 0.15) is 11.0 Å². The van der Waals surface area contributed by atoms with Gasteiger partial charge in [0.05, 0.1) is 12.2 Å². The molecule has 2 aromatic heterocycles. The molecule has 3 heterocycles. The molecular formula is C17H24N6O2S. The van der Waals surface area contributed by atoms with Crippen LogP contribution >= 0.6 is 11.3 Å². The molecule has 0 radical (unpaired) electrons. The molecule has 1 saturated heterocycles. The van der Waals surface area contributed by atoms with Gasteiger partial charge in [-0.3, -0.25) is 14.4 Å². The SMILES string of the molecule is CC(C)c1csc(CNC(=O)N[C@H]2CCCN(c3ccn(C)n3)C2=O)n1. The molecule has 0 aromatic carbocycles. The minimum absolute atomic E-state index is 0.124. The second-order valence-corrected chi connectivity index (χ2v) is 7.62. The molecule has 3 amide bonds. The summed E-state index contributed by atoms with van der Waals surface area (Å²) in [6.07, 6.45) is 3.24. The molecule has 0 unspecified atom stereocenters. The maximum absolute atomic E-state index is 12.6. The molecule has 1 fully saturated rings. The number of hydrogen-bond donors (Lipinski definition) is 2. The average Bonchev–Trinajstić information content (AvgIpc) is 3.24. The van der Waals surface area contributed by atoms with Crippen LogP contribution in [0.25, 0.3) is 0 Å². The van der Waals surface area contributed by atoms with Crippen molar-refractivity contribution in [3.8, 4) is 0 Å². The molecular weight excluding hydrogens is 352 g/mol. The Kier molecular flexibility index (Phi) is 5.55. The monoisotopic (exact) mass is 376 g/mol. The van der Waals surface area contributed by atoms with E-state index in [2.05, 4.69) is 34.6 Å². The second-order valence-electron chi connectivity index (χ2n) is 6.68. The van der Waals surface area contributed by atoms with Crippen LogP contribution in [0.15, 0.2) is 17.6 Å². The number of anilines is 1. The smallest absolute Gasteiger partial charge is 0.315 e. The largest absolute Gasteiger partial charge is 0.332 e. The van der Waals surface area contributed by atoms with Crippen LogP contribution in [0.3, 0.4) is 0 Å². The fourth-order valence-electron chi connectivity index (χ4n) is 2.82. The number of hydrogen-bond acceptors (Lipinski definition) is 5. The van der Waals surface area contributed by atoms with Crippen LogP contribution in [-0.2, 0) is 18.4 Å². The van der Waals surface area contributed by atoms with Crippen molar-refractivity contribution >= 4 is 29.1 Å². The molecule has 1 atom stereocenters. The van der Waals surface area contributed by atoms with Gasteiger partial charge in [0.15, 0.2) is 5.82 Å². The second kappa shape index (κ2) is 7.86. The number of thiazole rings is 1. The fraction of sp³-hybridized carbons (Fsp3) is 0.529. The first-order valence-corrected chi connectivity index (χ1v) is 9.61. The summed E-state index contributed by atoms with van der Waals surface area (Å²) in [6.45, 7) is 5.14. The number of rotatable bonds is 5. The van der Waals surface area contributed by atoms with E-state index in [1.807, 2.05) is 12.4 Å². The van der Waals surface area contributed by atoms with E-state index in [1.54, 1.807) is 21.8 Å². The molecule has 9 heteroatoms. The van der Waals surface area contributed by atoms with Gasteiger partial charge < -0.3 is 10.6 Å². The van der Waals surface area contributed by atoms with E-state index >= 15 is 0 Å². The van der Waals surface area contributed by atoms with Gasteiger partial charge in [0.2, 0.25) is 0 Å². The third kappa shape index (κ3) is 4.21. The molecule has 26 heavy (non-hydrogen) atoms. The third-order valence-corrected chi connectivity index (χ3v) is 5.15. The minimum atomic E-state index is -0.534. The fourth-order valence-corrected chi connectivity index (χ4v) is 3.72. The van der Waals surface area contributed by atoms with Gasteiger partial charge in [-0.05, 0) is 18.8 Å². The van der Waals surface area contributed by atoms with Gasteiger partial charge in [-0.1, -0.05) is 13.8 Å². The maximum atomic E-state index is 12.6. The zero-order chi connectivity index (χ0) is 18.7. The maximum Gasteiger partial charge on any atom is 0.315 e. The first kappa shape index (κ1) is 18.4. The summed E-state index contributed by atoms with van der Waals surface area (Å²) in [5.41, 5.74) is 1.03. The Morgan fingerprint density at radius 2 is 2.27 bits per heavy atom. The van der Waals surface area contributed by atoms with Crippen molar-refractivity contribution in [2.45, 2.75) is 45.2 Å². The van der Waals surface area contributed by atoms with Crippen molar-refractivity contribution in [1.29, 1.82) is 0 Å². The summed E-state index contributed by atoms with van der Waals surface area (Å²) in [7, 11) is 1.81. The Morgan fingerprint density at radius 1 is 1.46 bits per heavy atom. The topological polar surface area (TPSA) is 92.2 Å².